The Morgan fingerprint density at radius 1 is 1.15 bits per heavy atom. The molecule has 1 N–H and O–H groups in total. The monoisotopic (exact) mass is 366 g/mol. The zero-order valence-electron chi connectivity index (χ0n) is 16.1. The average Bonchev–Trinajstić information content (AvgIpc) is 3.08. The van der Waals surface area contributed by atoms with Crippen molar-refractivity contribution in [3.8, 4) is 5.75 Å². The summed E-state index contributed by atoms with van der Waals surface area (Å²) in [5, 5.41) is 2.96. The van der Waals surface area contributed by atoms with Crippen LogP contribution < -0.4 is 15.0 Å². The van der Waals surface area contributed by atoms with Gasteiger partial charge >= 0.3 is 0 Å². The van der Waals surface area contributed by atoms with Crippen molar-refractivity contribution in [1.29, 1.82) is 0 Å². The molecule has 1 atom stereocenters. The molecule has 142 valence electrons. The lowest BCUT2D eigenvalue weighted by atomic mass is 10.0. The molecule has 0 aromatic heterocycles. The molecule has 1 fully saturated rings. The zero-order chi connectivity index (χ0) is 19.4. The molecule has 1 unspecified atom stereocenters. The number of carbonyl (C=O) groups is 2. The van der Waals surface area contributed by atoms with Crippen molar-refractivity contribution < 1.29 is 14.3 Å². The topological polar surface area (TPSA) is 58.6 Å². The van der Waals surface area contributed by atoms with E-state index in [1.807, 2.05) is 25.1 Å². The van der Waals surface area contributed by atoms with Gasteiger partial charge in [-0.2, -0.15) is 0 Å². The summed E-state index contributed by atoms with van der Waals surface area (Å²) in [7, 11) is 0. The van der Waals surface area contributed by atoms with Crippen LogP contribution in [0, 0.1) is 13.8 Å². The second-order valence-electron chi connectivity index (χ2n) is 7.06. The van der Waals surface area contributed by atoms with Crippen LogP contribution in [0.15, 0.2) is 42.5 Å². The van der Waals surface area contributed by atoms with E-state index >= 15 is 0 Å². The van der Waals surface area contributed by atoms with E-state index in [-0.39, 0.29) is 24.5 Å². The van der Waals surface area contributed by atoms with Gasteiger partial charge in [0.15, 0.2) is 6.61 Å². The molecule has 0 aliphatic carbocycles. The number of nitrogens with zero attached hydrogens (tertiary/aromatic N) is 1. The fourth-order valence-electron chi connectivity index (χ4n) is 3.19. The molecule has 1 aliphatic rings. The van der Waals surface area contributed by atoms with Gasteiger partial charge in [0.05, 0.1) is 6.04 Å². The van der Waals surface area contributed by atoms with Gasteiger partial charge in [-0.25, -0.2) is 0 Å². The third-order valence-corrected chi connectivity index (χ3v) is 5.00. The maximum atomic E-state index is 12.2. The summed E-state index contributed by atoms with van der Waals surface area (Å²) in [6.07, 6.45) is 1.51. The van der Waals surface area contributed by atoms with Crippen molar-refractivity contribution in [3.05, 3.63) is 59.2 Å². The van der Waals surface area contributed by atoms with E-state index in [9.17, 15) is 9.59 Å². The van der Waals surface area contributed by atoms with E-state index in [1.54, 1.807) is 17.0 Å². The van der Waals surface area contributed by atoms with Crippen LogP contribution in [-0.4, -0.2) is 25.0 Å². The maximum absolute atomic E-state index is 12.2. The molecule has 3 rings (SSSR count). The van der Waals surface area contributed by atoms with Crippen molar-refractivity contribution >= 4 is 17.5 Å². The van der Waals surface area contributed by atoms with Crippen molar-refractivity contribution in [2.75, 3.05) is 18.1 Å². The van der Waals surface area contributed by atoms with Crippen LogP contribution in [0.4, 0.5) is 5.69 Å². The van der Waals surface area contributed by atoms with Crippen LogP contribution in [0.1, 0.15) is 42.5 Å². The SMILES string of the molecule is Cc1ccc(C(C)NC(=O)COc2ccc(N3CCCC3=O)cc2)cc1C. The van der Waals surface area contributed by atoms with Gasteiger partial charge in [-0.15, -0.1) is 0 Å². The summed E-state index contributed by atoms with van der Waals surface area (Å²) < 4.78 is 5.58. The van der Waals surface area contributed by atoms with Crippen molar-refractivity contribution in [2.45, 2.75) is 39.7 Å². The minimum Gasteiger partial charge on any atom is -0.484 e. The lowest BCUT2D eigenvalue weighted by Crippen LogP contribution is -2.31. The van der Waals surface area contributed by atoms with Crippen LogP contribution in [0.25, 0.3) is 0 Å². The van der Waals surface area contributed by atoms with Crippen LogP contribution in [-0.2, 0) is 9.59 Å². The smallest absolute Gasteiger partial charge is 0.258 e. The quantitative estimate of drug-likeness (QED) is 0.848. The Kier molecular flexibility index (Phi) is 5.79. The van der Waals surface area contributed by atoms with E-state index in [4.69, 9.17) is 4.74 Å². The first kappa shape index (κ1) is 19.0. The summed E-state index contributed by atoms with van der Waals surface area (Å²) in [6, 6.07) is 13.4. The lowest BCUT2D eigenvalue weighted by Gasteiger charge is -2.17. The highest BCUT2D eigenvalue weighted by molar-refractivity contribution is 5.95. The van der Waals surface area contributed by atoms with Crippen molar-refractivity contribution in [2.24, 2.45) is 0 Å². The minimum atomic E-state index is -0.167. The predicted molar refractivity (Wildman–Crippen MR) is 106 cm³/mol. The fraction of sp³-hybridized carbons (Fsp3) is 0.364. The Hall–Kier alpha value is -2.82. The van der Waals surface area contributed by atoms with E-state index in [1.165, 1.54) is 11.1 Å². The Morgan fingerprint density at radius 3 is 2.52 bits per heavy atom. The van der Waals surface area contributed by atoms with Crippen LogP contribution >= 0.6 is 0 Å². The minimum absolute atomic E-state index is 0.0445. The van der Waals surface area contributed by atoms with Gasteiger partial charge in [-0.3, -0.25) is 9.59 Å². The van der Waals surface area contributed by atoms with Gasteiger partial charge in [0.25, 0.3) is 5.91 Å². The normalized spacial score (nSPS) is 14.9. The van der Waals surface area contributed by atoms with Crippen molar-refractivity contribution in [1.82, 2.24) is 5.32 Å². The van der Waals surface area contributed by atoms with Gasteiger partial charge < -0.3 is 15.0 Å². The Bertz CT molecular complexity index is 830. The highest BCUT2D eigenvalue weighted by Crippen LogP contribution is 2.24. The largest absolute Gasteiger partial charge is 0.484 e. The molecule has 1 heterocycles. The first-order chi connectivity index (χ1) is 12.9. The van der Waals surface area contributed by atoms with Gasteiger partial charge in [0, 0.05) is 18.7 Å². The number of hydrogen-bond acceptors (Lipinski definition) is 3. The van der Waals surface area contributed by atoms with Crippen LogP contribution in [0.5, 0.6) is 5.75 Å². The molecule has 2 amide bonds. The molecular formula is C22H26N2O3. The number of carbonyl (C=O) groups excluding carboxylic acids is 2. The Balaban J connectivity index is 1.51. The number of nitrogens with one attached hydrogen (secondary N) is 1. The van der Waals surface area contributed by atoms with E-state index in [2.05, 4.69) is 31.3 Å². The number of hydrogen-bond donors (Lipinski definition) is 1. The number of benzene rings is 2. The molecular weight excluding hydrogens is 340 g/mol. The Labute approximate surface area is 160 Å². The molecule has 0 spiro atoms. The third kappa shape index (κ3) is 4.67. The molecule has 0 bridgehead atoms. The summed E-state index contributed by atoms with van der Waals surface area (Å²) in [5.41, 5.74) is 4.39. The van der Waals surface area contributed by atoms with Crippen LogP contribution in [0.2, 0.25) is 0 Å². The first-order valence-corrected chi connectivity index (χ1v) is 9.34. The highest BCUT2D eigenvalue weighted by Gasteiger charge is 2.21. The fourth-order valence-corrected chi connectivity index (χ4v) is 3.19. The second-order valence-corrected chi connectivity index (χ2v) is 7.06. The van der Waals surface area contributed by atoms with E-state index in [0.717, 1.165) is 24.2 Å². The van der Waals surface area contributed by atoms with Crippen LogP contribution in [0.3, 0.4) is 0 Å². The number of anilines is 1. The molecule has 2 aromatic rings. The number of ether oxygens (including phenoxy) is 1. The second kappa shape index (κ2) is 8.25. The molecule has 0 radical (unpaired) electrons. The number of amides is 2. The summed E-state index contributed by atoms with van der Waals surface area (Å²) >= 11 is 0. The molecule has 2 aromatic carbocycles. The maximum Gasteiger partial charge on any atom is 0.258 e. The predicted octanol–water partition coefficient (Wildman–Crippen LogP) is 3.69. The van der Waals surface area contributed by atoms with Crippen molar-refractivity contribution in [3.63, 3.8) is 0 Å². The van der Waals surface area contributed by atoms with Gasteiger partial charge in [-0.05, 0) is 68.1 Å². The Morgan fingerprint density at radius 2 is 1.89 bits per heavy atom. The first-order valence-electron chi connectivity index (χ1n) is 9.34. The third-order valence-electron chi connectivity index (χ3n) is 5.00. The molecule has 0 saturated carbocycles. The molecule has 1 saturated heterocycles. The van der Waals surface area contributed by atoms with E-state index < -0.39 is 0 Å². The molecule has 5 nitrogen and oxygen atoms in total. The summed E-state index contributed by atoms with van der Waals surface area (Å²) in [6.45, 7) is 6.82. The standard InChI is InChI=1S/C22H26N2O3/c1-15-6-7-18(13-16(15)2)17(3)23-21(25)14-27-20-10-8-19(9-11-20)24-12-4-5-22(24)26/h6-11,13,17H,4-5,12,14H2,1-3H3,(H,23,25). The average molecular weight is 366 g/mol. The summed E-state index contributed by atoms with van der Waals surface area (Å²) in [5.74, 6) is 0.599. The molecule has 27 heavy (non-hydrogen) atoms. The number of aryl methyl sites for hydroxylation is 2. The highest BCUT2D eigenvalue weighted by atomic mass is 16.5. The van der Waals surface area contributed by atoms with Gasteiger partial charge in [-0.1, -0.05) is 18.2 Å². The zero-order valence-corrected chi connectivity index (χ0v) is 16.1. The number of rotatable bonds is 6. The van der Waals surface area contributed by atoms with Gasteiger partial charge in [0.1, 0.15) is 5.75 Å². The molecule has 5 heteroatoms. The lowest BCUT2D eigenvalue weighted by molar-refractivity contribution is -0.123. The summed E-state index contributed by atoms with van der Waals surface area (Å²) in [4.78, 5) is 25.7. The molecule has 1 aliphatic heterocycles. The van der Waals surface area contributed by atoms with Gasteiger partial charge in [0.2, 0.25) is 5.91 Å². The van der Waals surface area contributed by atoms with E-state index in [0.29, 0.717) is 12.2 Å².